The number of thiazole rings is 1. The summed E-state index contributed by atoms with van der Waals surface area (Å²) in [5.41, 5.74) is 3.76. The Morgan fingerprint density at radius 3 is 2.91 bits per heavy atom. The van der Waals surface area contributed by atoms with Crippen LogP contribution in [-0.2, 0) is 6.42 Å². The van der Waals surface area contributed by atoms with Crippen molar-refractivity contribution >= 4 is 27.3 Å². The van der Waals surface area contributed by atoms with Crippen LogP contribution < -0.4 is 0 Å². The minimum absolute atomic E-state index is 0.577. The van der Waals surface area contributed by atoms with Crippen LogP contribution in [0.15, 0.2) is 10.9 Å². The maximum Gasteiger partial charge on any atom is 0.0794 e. The summed E-state index contributed by atoms with van der Waals surface area (Å²) in [4.78, 5) is 4.29. The number of hydrogen-bond acceptors (Lipinski definition) is 2. The first-order valence-corrected chi connectivity index (χ1v) is 5.84. The minimum atomic E-state index is 0.577. The molecule has 0 unspecified atom stereocenters. The molecule has 3 heteroatoms. The molecule has 1 heterocycles. The summed E-state index contributed by atoms with van der Waals surface area (Å²) >= 11 is 5.25. The molecule has 1 aromatic rings. The van der Waals surface area contributed by atoms with Crippen molar-refractivity contribution in [3.05, 3.63) is 16.6 Å². The standard InChI is InChI=1S/C8H10BrNS/c9-5-8(1-2-8)3-7-4-11-6-10-7/h4,6H,1-3,5H2. The first-order chi connectivity index (χ1) is 5.35. The van der Waals surface area contributed by atoms with Crippen molar-refractivity contribution in [2.45, 2.75) is 19.3 Å². The summed E-state index contributed by atoms with van der Waals surface area (Å²) in [5, 5.41) is 3.29. The van der Waals surface area contributed by atoms with E-state index in [1.54, 1.807) is 11.3 Å². The van der Waals surface area contributed by atoms with Crippen molar-refractivity contribution in [3.63, 3.8) is 0 Å². The average molecular weight is 232 g/mol. The zero-order valence-corrected chi connectivity index (χ0v) is 8.62. The van der Waals surface area contributed by atoms with E-state index in [4.69, 9.17) is 0 Å². The fourth-order valence-electron chi connectivity index (χ4n) is 1.24. The van der Waals surface area contributed by atoms with Crippen LogP contribution in [0.1, 0.15) is 18.5 Å². The van der Waals surface area contributed by atoms with E-state index in [2.05, 4.69) is 26.3 Å². The van der Waals surface area contributed by atoms with Crippen molar-refractivity contribution < 1.29 is 0 Å². The molecule has 0 aliphatic heterocycles. The van der Waals surface area contributed by atoms with E-state index in [1.807, 2.05) is 5.51 Å². The smallest absolute Gasteiger partial charge is 0.0794 e. The van der Waals surface area contributed by atoms with Crippen LogP contribution in [-0.4, -0.2) is 10.3 Å². The molecule has 0 spiro atoms. The molecule has 1 aliphatic rings. The molecule has 1 saturated carbocycles. The highest BCUT2D eigenvalue weighted by Gasteiger charge is 2.41. The molecule has 0 N–H and O–H groups in total. The summed E-state index contributed by atoms with van der Waals surface area (Å²) in [5.74, 6) is 0. The Balaban J connectivity index is 2.01. The Bertz CT molecular complexity index is 228. The van der Waals surface area contributed by atoms with Gasteiger partial charge in [0.2, 0.25) is 0 Å². The number of nitrogens with zero attached hydrogens (tertiary/aromatic N) is 1. The van der Waals surface area contributed by atoms with E-state index in [9.17, 15) is 0 Å². The predicted octanol–water partition coefficient (Wildman–Crippen LogP) is 2.86. The Labute approximate surface area is 79.0 Å². The van der Waals surface area contributed by atoms with E-state index in [1.165, 1.54) is 25.0 Å². The van der Waals surface area contributed by atoms with Crippen molar-refractivity contribution in [3.8, 4) is 0 Å². The van der Waals surface area contributed by atoms with E-state index in [-0.39, 0.29) is 0 Å². The molecule has 0 amide bonds. The van der Waals surface area contributed by atoms with Crippen molar-refractivity contribution in [2.75, 3.05) is 5.33 Å². The van der Waals surface area contributed by atoms with Gasteiger partial charge in [0.1, 0.15) is 0 Å². The second kappa shape index (κ2) is 2.87. The first-order valence-electron chi connectivity index (χ1n) is 3.78. The monoisotopic (exact) mass is 231 g/mol. The largest absolute Gasteiger partial charge is 0.250 e. The second-order valence-corrected chi connectivity index (χ2v) is 4.57. The van der Waals surface area contributed by atoms with Gasteiger partial charge in [-0.3, -0.25) is 0 Å². The molecule has 0 atom stereocenters. The quantitative estimate of drug-likeness (QED) is 0.730. The van der Waals surface area contributed by atoms with Crippen LogP contribution in [0.3, 0.4) is 0 Å². The van der Waals surface area contributed by atoms with Gasteiger partial charge in [-0.15, -0.1) is 11.3 Å². The molecule has 0 saturated heterocycles. The highest BCUT2D eigenvalue weighted by atomic mass is 79.9. The van der Waals surface area contributed by atoms with Gasteiger partial charge in [0.15, 0.2) is 0 Å². The molecule has 1 aliphatic carbocycles. The number of aromatic nitrogens is 1. The van der Waals surface area contributed by atoms with Gasteiger partial charge in [-0.2, -0.15) is 0 Å². The highest BCUT2D eigenvalue weighted by Crippen LogP contribution is 2.49. The highest BCUT2D eigenvalue weighted by molar-refractivity contribution is 9.09. The van der Waals surface area contributed by atoms with Gasteiger partial charge in [-0.25, -0.2) is 4.98 Å². The Hall–Kier alpha value is 0.110. The summed E-state index contributed by atoms with van der Waals surface area (Å²) in [6.07, 6.45) is 3.91. The van der Waals surface area contributed by atoms with Crippen LogP contribution >= 0.6 is 27.3 Å². The van der Waals surface area contributed by atoms with Crippen LogP contribution in [0.2, 0.25) is 0 Å². The van der Waals surface area contributed by atoms with Gasteiger partial charge in [0.05, 0.1) is 11.2 Å². The fourth-order valence-corrected chi connectivity index (χ4v) is 2.56. The topological polar surface area (TPSA) is 12.9 Å². The molecule has 1 fully saturated rings. The Morgan fingerprint density at radius 2 is 2.45 bits per heavy atom. The van der Waals surface area contributed by atoms with Gasteiger partial charge in [-0.05, 0) is 24.7 Å². The molecule has 11 heavy (non-hydrogen) atoms. The minimum Gasteiger partial charge on any atom is -0.250 e. The fraction of sp³-hybridized carbons (Fsp3) is 0.625. The van der Waals surface area contributed by atoms with Crippen molar-refractivity contribution in [2.24, 2.45) is 5.41 Å². The molecule has 1 nitrogen and oxygen atoms in total. The lowest BCUT2D eigenvalue weighted by atomic mass is 10.0. The number of hydrogen-bond donors (Lipinski definition) is 0. The molecule has 0 radical (unpaired) electrons. The zero-order valence-electron chi connectivity index (χ0n) is 6.22. The Kier molecular flexibility index (Phi) is 2.02. The lowest BCUT2D eigenvalue weighted by Crippen LogP contribution is -2.06. The zero-order chi connectivity index (χ0) is 7.73. The van der Waals surface area contributed by atoms with Gasteiger partial charge in [-0.1, -0.05) is 15.9 Å². The summed E-state index contributed by atoms with van der Waals surface area (Å²) in [6.45, 7) is 0. The number of rotatable bonds is 3. The van der Waals surface area contributed by atoms with E-state index < -0.39 is 0 Å². The molecule has 2 rings (SSSR count). The van der Waals surface area contributed by atoms with Gasteiger partial charge in [0, 0.05) is 10.7 Å². The van der Waals surface area contributed by atoms with Gasteiger partial charge >= 0.3 is 0 Å². The second-order valence-electron chi connectivity index (χ2n) is 3.29. The third-order valence-electron chi connectivity index (χ3n) is 2.28. The van der Waals surface area contributed by atoms with Crippen molar-refractivity contribution in [1.29, 1.82) is 0 Å². The lowest BCUT2D eigenvalue weighted by molar-refractivity contribution is 0.578. The number of alkyl halides is 1. The first kappa shape index (κ1) is 7.74. The van der Waals surface area contributed by atoms with Crippen LogP contribution in [0.4, 0.5) is 0 Å². The lowest BCUT2D eigenvalue weighted by Gasteiger charge is -2.07. The molecular formula is C8H10BrNS. The average Bonchev–Trinajstić information content (AvgIpc) is 2.59. The van der Waals surface area contributed by atoms with Gasteiger partial charge < -0.3 is 0 Å². The van der Waals surface area contributed by atoms with Crippen LogP contribution in [0.5, 0.6) is 0 Å². The van der Waals surface area contributed by atoms with Gasteiger partial charge in [0.25, 0.3) is 0 Å². The maximum absolute atomic E-state index is 4.29. The third kappa shape index (κ3) is 1.64. The summed E-state index contributed by atoms with van der Waals surface area (Å²) in [7, 11) is 0. The molecule has 60 valence electrons. The number of halogens is 1. The van der Waals surface area contributed by atoms with E-state index >= 15 is 0 Å². The molecular weight excluding hydrogens is 222 g/mol. The summed E-state index contributed by atoms with van der Waals surface area (Å²) in [6, 6.07) is 0. The Morgan fingerprint density at radius 1 is 1.64 bits per heavy atom. The van der Waals surface area contributed by atoms with E-state index in [0.717, 1.165) is 5.33 Å². The SMILES string of the molecule is BrCC1(Cc2cscn2)CC1. The van der Waals surface area contributed by atoms with E-state index in [0.29, 0.717) is 5.41 Å². The third-order valence-corrected chi connectivity index (χ3v) is 4.10. The molecule has 0 aromatic carbocycles. The molecule has 1 aromatic heterocycles. The van der Waals surface area contributed by atoms with Crippen LogP contribution in [0, 0.1) is 5.41 Å². The predicted molar refractivity (Wildman–Crippen MR) is 51.3 cm³/mol. The summed E-state index contributed by atoms with van der Waals surface area (Å²) < 4.78 is 0. The molecule has 0 bridgehead atoms. The van der Waals surface area contributed by atoms with Crippen LogP contribution in [0.25, 0.3) is 0 Å². The van der Waals surface area contributed by atoms with Crippen molar-refractivity contribution in [1.82, 2.24) is 4.98 Å². The normalized spacial score (nSPS) is 20.1. The maximum atomic E-state index is 4.29.